The molecule has 0 aliphatic heterocycles. The van der Waals surface area contributed by atoms with Gasteiger partial charge in [-0.05, 0) is 24.2 Å². The molecule has 2 heterocycles. The van der Waals surface area contributed by atoms with E-state index in [9.17, 15) is 0 Å². The maximum absolute atomic E-state index is 4.59. The number of hydrogen-bond donors (Lipinski definition) is 2. The van der Waals surface area contributed by atoms with Crippen molar-refractivity contribution in [2.45, 2.75) is 23.5 Å². The smallest absolute Gasteiger partial charge is 0.224 e. The number of fused-ring (bicyclic) bond motifs is 1. The second-order valence-electron chi connectivity index (χ2n) is 4.29. The van der Waals surface area contributed by atoms with Crippen LogP contribution >= 0.6 is 11.8 Å². The van der Waals surface area contributed by atoms with Crippen LogP contribution in [0, 0.1) is 0 Å². The summed E-state index contributed by atoms with van der Waals surface area (Å²) in [6, 6.07) is 8.02. The molecule has 0 spiro atoms. The van der Waals surface area contributed by atoms with Crippen LogP contribution in [0.4, 0.5) is 5.95 Å². The lowest BCUT2D eigenvalue weighted by Crippen LogP contribution is -2.05. The summed E-state index contributed by atoms with van der Waals surface area (Å²) >= 11 is 1.51. The minimum atomic E-state index is 0.666. The number of aromatic nitrogens is 4. The summed E-state index contributed by atoms with van der Waals surface area (Å²) in [4.78, 5) is 16.5. The predicted molar refractivity (Wildman–Crippen MR) is 81.0 cm³/mol. The third-order valence-electron chi connectivity index (χ3n) is 2.77. The number of aromatic amines is 1. The summed E-state index contributed by atoms with van der Waals surface area (Å²) in [5.41, 5.74) is 0.940. The predicted octanol–water partition coefficient (Wildman–Crippen LogP) is 3.33. The Hall–Kier alpha value is -2.08. The van der Waals surface area contributed by atoms with E-state index in [1.165, 1.54) is 11.8 Å². The van der Waals surface area contributed by atoms with Gasteiger partial charge in [-0.2, -0.15) is 0 Å². The van der Waals surface area contributed by atoms with Crippen molar-refractivity contribution >= 4 is 28.6 Å². The third kappa shape index (κ3) is 2.75. The van der Waals surface area contributed by atoms with E-state index in [0.29, 0.717) is 5.95 Å². The first-order chi connectivity index (χ1) is 9.86. The monoisotopic (exact) mass is 285 g/mol. The molecule has 0 aliphatic rings. The number of H-pyrrole nitrogens is 1. The SMILES string of the molecule is CCCNc1nc(Sc2ncc[nH]2)c2ccccc2n1. The Balaban J connectivity index is 2.02. The van der Waals surface area contributed by atoms with Crippen molar-refractivity contribution in [2.24, 2.45) is 0 Å². The molecule has 1 aromatic carbocycles. The van der Waals surface area contributed by atoms with Gasteiger partial charge in [-0.1, -0.05) is 25.1 Å². The lowest BCUT2D eigenvalue weighted by molar-refractivity contribution is 0.944. The van der Waals surface area contributed by atoms with Crippen LogP contribution in [0.1, 0.15) is 13.3 Å². The first kappa shape index (κ1) is 12.9. The normalized spacial score (nSPS) is 10.8. The van der Waals surface area contributed by atoms with E-state index in [1.807, 2.05) is 30.5 Å². The first-order valence-electron chi connectivity index (χ1n) is 6.54. The van der Waals surface area contributed by atoms with Gasteiger partial charge in [0.25, 0.3) is 0 Å². The van der Waals surface area contributed by atoms with Gasteiger partial charge in [0.05, 0.1) is 5.52 Å². The number of hydrogen-bond acceptors (Lipinski definition) is 5. The lowest BCUT2D eigenvalue weighted by Gasteiger charge is -2.08. The topological polar surface area (TPSA) is 66.5 Å². The van der Waals surface area contributed by atoms with Crippen molar-refractivity contribution in [2.75, 3.05) is 11.9 Å². The van der Waals surface area contributed by atoms with Crippen molar-refractivity contribution in [1.29, 1.82) is 0 Å². The summed E-state index contributed by atoms with van der Waals surface area (Å²) in [5.74, 6) is 0.666. The number of benzene rings is 1. The van der Waals surface area contributed by atoms with Crippen molar-refractivity contribution in [3.05, 3.63) is 36.7 Å². The van der Waals surface area contributed by atoms with E-state index in [1.54, 1.807) is 6.20 Å². The van der Waals surface area contributed by atoms with Gasteiger partial charge in [-0.15, -0.1) is 0 Å². The average molecular weight is 285 g/mol. The van der Waals surface area contributed by atoms with Gasteiger partial charge in [-0.3, -0.25) is 0 Å². The summed E-state index contributed by atoms with van der Waals surface area (Å²) in [6.07, 6.45) is 4.58. The molecule has 0 fully saturated rings. The zero-order valence-corrected chi connectivity index (χ0v) is 11.9. The molecule has 102 valence electrons. The summed E-state index contributed by atoms with van der Waals surface area (Å²) in [6.45, 7) is 2.98. The highest BCUT2D eigenvalue weighted by atomic mass is 32.2. The Labute approximate surface area is 121 Å². The second kappa shape index (κ2) is 5.92. The molecule has 0 amide bonds. The highest BCUT2D eigenvalue weighted by Crippen LogP contribution is 2.30. The number of imidazole rings is 1. The van der Waals surface area contributed by atoms with E-state index < -0.39 is 0 Å². The molecule has 6 heteroatoms. The fourth-order valence-electron chi connectivity index (χ4n) is 1.84. The highest BCUT2D eigenvalue weighted by Gasteiger charge is 2.09. The molecule has 0 saturated heterocycles. The van der Waals surface area contributed by atoms with Crippen LogP contribution in [0.25, 0.3) is 10.9 Å². The molecular weight excluding hydrogens is 270 g/mol. The average Bonchev–Trinajstić information content (AvgIpc) is 2.98. The molecule has 0 unspecified atom stereocenters. The molecule has 0 atom stereocenters. The summed E-state index contributed by atoms with van der Waals surface area (Å²) < 4.78 is 0. The quantitative estimate of drug-likeness (QED) is 0.704. The van der Waals surface area contributed by atoms with E-state index >= 15 is 0 Å². The fourth-order valence-corrected chi connectivity index (χ4v) is 2.68. The second-order valence-corrected chi connectivity index (χ2v) is 5.27. The van der Waals surface area contributed by atoms with E-state index in [-0.39, 0.29) is 0 Å². The standard InChI is InChI=1S/C14H15N5S/c1-2-7-15-13-18-11-6-4-3-5-10(11)12(19-13)20-14-16-8-9-17-14/h3-6,8-9H,2,7H2,1H3,(H,16,17)(H,15,18,19). The first-order valence-corrected chi connectivity index (χ1v) is 7.36. The third-order valence-corrected chi connectivity index (χ3v) is 3.69. The van der Waals surface area contributed by atoms with Gasteiger partial charge < -0.3 is 10.3 Å². The Morgan fingerprint density at radius 2 is 2.15 bits per heavy atom. The maximum Gasteiger partial charge on any atom is 0.224 e. The molecule has 2 N–H and O–H groups in total. The van der Waals surface area contributed by atoms with Gasteiger partial charge in [0, 0.05) is 24.3 Å². The van der Waals surface area contributed by atoms with Gasteiger partial charge in [-0.25, -0.2) is 15.0 Å². The minimum Gasteiger partial charge on any atom is -0.354 e. The van der Waals surface area contributed by atoms with E-state index in [4.69, 9.17) is 0 Å². The van der Waals surface area contributed by atoms with Crippen LogP contribution in [0.15, 0.2) is 46.8 Å². The van der Waals surface area contributed by atoms with Crippen LogP contribution in [0.5, 0.6) is 0 Å². The summed E-state index contributed by atoms with van der Waals surface area (Å²) in [7, 11) is 0. The lowest BCUT2D eigenvalue weighted by atomic mass is 10.2. The minimum absolute atomic E-state index is 0.666. The Kier molecular flexibility index (Phi) is 3.83. The Morgan fingerprint density at radius 3 is 2.95 bits per heavy atom. The van der Waals surface area contributed by atoms with Crippen molar-refractivity contribution in [1.82, 2.24) is 19.9 Å². The molecule has 0 saturated carbocycles. The molecular formula is C14H15N5S. The van der Waals surface area contributed by atoms with Crippen LogP contribution in [-0.2, 0) is 0 Å². The molecule has 3 aromatic rings. The Bertz CT molecular complexity index is 696. The van der Waals surface area contributed by atoms with Gasteiger partial charge in [0.2, 0.25) is 5.95 Å². The number of para-hydroxylation sites is 1. The molecule has 0 aliphatic carbocycles. The fraction of sp³-hybridized carbons (Fsp3) is 0.214. The van der Waals surface area contributed by atoms with E-state index in [0.717, 1.165) is 34.1 Å². The van der Waals surface area contributed by atoms with Gasteiger partial charge >= 0.3 is 0 Å². The summed E-state index contributed by atoms with van der Waals surface area (Å²) in [5, 5.41) is 6.01. The van der Waals surface area contributed by atoms with Crippen LogP contribution < -0.4 is 5.32 Å². The van der Waals surface area contributed by atoms with E-state index in [2.05, 4.69) is 32.2 Å². The number of rotatable bonds is 5. The van der Waals surface area contributed by atoms with Crippen molar-refractivity contribution in [3.8, 4) is 0 Å². The van der Waals surface area contributed by atoms with Gasteiger partial charge in [0.1, 0.15) is 5.03 Å². The van der Waals surface area contributed by atoms with Crippen LogP contribution in [0.2, 0.25) is 0 Å². The molecule has 0 bridgehead atoms. The molecule has 2 aromatic heterocycles. The molecule has 3 rings (SSSR count). The zero-order valence-electron chi connectivity index (χ0n) is 11.1. The van der Waals surface area contributed by atoms with Gasteiger partial charge in [0.15, 0.2) is 5.16 Å². The molecule has 20 heavy (non-hydrogen) atoms. The molecule has 5 nitrogen and oxygen atoms in total. The Morgan fingerprint density at radius 1 is 1.25 bits per heavy atom. The maximum atomic E-state index is 4.59. The zero-order chi connectivity index (χ0) is 13.8. The van der Waals surface area contributed by atoms with Crippen LogP contribution in [-0.4, -0.2) is 26.5 Å². The number of anilines is 1. The largest absolute Gasteiger partial charge is 0.354 e. The van der Waals surface area contributed by atoms with Crippen molar-refractivity contribution in [3.63, 3.8) is 0 Å². The highest BCUT2D eigenvalue weighted by molar-refractivity contribution is 7.99. The molecule has 0 radical (unpaired) electrons. The van der Waals surface area contributed by atoms with Crippen LogP contribution in [0.3, 0.4) is 0 Å². The van der Waals surface area contributed by atoms with Crippen molar-refractivity contribution < 1.29 is 0 Å². The number of nitrogens with one attached hydrogen (secondary N) is 2. The number of nitrogens with zero attached hydrogens (tertiary/aromatic N) is 3.